The van der Waals surface area contributed by atoms with Crippen molar-refractivity contribution in [1.29, 1.82) is 0 Å². The van der Waals surface area contributed by atoms with Gasteiger partial charge in [0, 0.05) is 20.6 Å². The Labute approximate surface area is 108 Å². The molecule has 2 N–H and O–H groups in total. The van der Waals surface area contributed by atoms with Crippen molar-refractivity contribution in [3.05, 3.63) is 24.3 Å². The number of nitrogens with one attached hydrogen (secondary N) is 2. The Hall–Kier alpha value is -1.55. The predicted molar refractivity (Wildman–Crippen MR) is 74.9 cm³/mol. The maximum absolute atomic E-state index is 12.2. The smallest absolute Gasteiger partial charge is 0.229 e. The number of carbonyl (C=O) groups is 1. The molecule has 98 valence electrons. The van der Waals surface area contributed by atoms with Gasteiger partial charge in [-0.2, -0.15) is 0 Å². The normalized spacial score (nSPS) is 22.8. The summed E-state index contributed by atoms with van der Waals surface area (Å²) >= 11 is 0. The largest absolute Gasteiger partial charge is 0.376 e. The van der Waals surface area contributed by atoms with E-state index in [-0.39, 0.29) is 11.8 Å². The molecule has 0 saturated carbocycles. The second-order valence-electron chi connectivity index (χ2n) is 5.14. The van der Waals surface area contributed by atoms with Gasteiger partial charge in [0.05, 0.1) is 17.3 Å². The highest BCUT2D eigenvalue weighted by Crippen LogP contribution is 2.25. The van der Waals surface area contributed by atoms with E-state index in [1.807, 2.05) is 43.3 Å². The molecular weight excluding hydrogens is 226 g/mol. The number of anilines is 2. The van der Waals surface area contributed by atoms with Gasteiger partial charge in [-0.15, -0.1) is 0 Å². The molecule has 1 aliphatic heterocycles. The Kier molecular flexibility index (Phi) is 3.87. The van der Waals surface area contributed by atoms with E-state index < -0.39 is 0 Å². The second-order valence-corrected chi connectivity index (χ2v) is 5.14. The van der Waals surface area contributed by atoms with Crippen LogP contribution in [0, 0.1) is 11.8 Å². The molecule has 1 heterocycles. The molecule has 0 aliphatic carbocycles. The highest BCUT2D eigenvalue weighted by atomic mass is 16.2. The van der Waals surface area contributed by atoms with Gasteiger partial charge in [-0.25, -0.2) is 0 Å². The Morgan fingerprint density at radius 2 is 2.06 bits per heavy atom. The standard InChI is InChI=1S/C14H21N3O/c1-10-8-15-9-11(10)14(18)16-12-6-4-5-7-13(12)17(2)3/h4-7,10-11,15H,8-9H2,1-3H3,(H,16,18). The Bertz CT molecular complexity index is 431. The van der Waals surface area contributed by atoms with E-state index in [0.717, 1.165) is 24.5 Å². The first-order valence-electron chi connectivity index (χ1n) is 6.37. The third kappa shape index (κ3) is 2.64. The van der Waals surface area contributed by atoms with E-state index in [9.17, 15) is 4.79 Å². The first-order chi connectivity index (χ1) is 8.59. The summed E-state index contributed by atoms with van der Waals surface area (Å²) in [6.45, 7) is 3.81. The van der Waals surface area contributed by atoms with Crippen LogP contribution in [-0.4, -0.2) is 33.1 Å². The molecule has 4 nitrogen and oxygen atoms in total. The van der Waals surface area contributed by atoms with Crippen molar-refractivity contribution < 1.29 is 4.79 Å². The van der Waals surface area contributed by atoms with Crippen molar-refractivity contribution in [2.75, 3.05) is 37.4 Å². The molecule has 2 unspecified atom stereocenters. The molecule has 1 aromatic rings. The molecular formula is C14H21N3O. The van der Waals surface area contributed by atoms with E-state index >= 15 is 0 Å². The lowest BCUT2D eigenvalue weighted by molar-refractivity contribution is -0.120. The number of para-hydroxylation sites is 2. The molecule has 0 radical (unpaired) electrons. The predicted octanol–water partition coefficient (Wildman–Crippen LogP) is 1.55. The van der Waals surface area contributed by atoms with Crippen LogP contribution >= 0.6 is 0 Å². The molecule has 18 heavy (non-hydrogen) atoms. The maximum atomic E-state index is 12.2. The molecule has 1 amide bonds. The summed E-state index contributed by atoms with van der Waals surface area (Å²) in [6.07, 6.45) is 0. The van der Waals surface area contributed by atoms with Gasteiger partial charge < -0.3 is 15.5 Å². The molecule has 2 rings (SSSR count). The lowest BCUT2D eigenvalue weighted by atomic mass is 9.97. The van der Waals surface area contributed by atoms with Crippen LogP contribution in [0.15, 0.2) is 24.3 Å². The van der Waals surface area contributed by atoms with Crippen molar-refractivity contribution in [2.45, 2.75) is 6.92 Å². The Balaban J connectivity index is 2.11. The minimum Gasteiger partial charge on any atom is -0.376 e. The van der Waals surface area contributed by atoms with Crippen molar-refractivity contribution in [3.8, 4) is 0 Å². The fourth-order valence-corrected chi connectivity index (χ4v) is 2.36. The van der Waals surface area contributed by atoms with Gasteiger partial charge in [0.2, 0.25) is 5.91 Å². The SMILES string of the molecule is CC1CNCC1C(=O)Nc1ccccc1N(C)C. The lowest BCUT2D eigenvalue weighted by Gasteiger charge is -2.20. The summed E-state index contributed by atoms with van der Waals surface area (Å²) in [5, 5.41) is 6.30. The zero-order chi connectivity index (χ0) is 13.1. The highest BCUT2D eigenvalue weighted by molar-refractivity contribution is 5.96. The summed E-state index contributed by atoms with van der Waals surface area (Å²) in [7, 11) is 3.95. The van der Waals surface area contributed by atoms with Gasteiger partial charge in [-0.1, -0.05) is 19.1 Å². The van der Waals surface area contributed by atoms with Gasteiger partial charge in [0.15, 0.2) is 0 Å². The van der Waals surface area contributed by atoms with E-state index in [1.54, 1.807) is 0 Å². The van der Waals surface area contributed by atoms with Crippen molar-refractivity contribution >= 4 is 17.3 Å². The van der Waals surface area contributed by atoms with Crippen LogP contribution in [0.25, 0.3) is 0 Å². The van der Waals surface area contributed by atoms with E-state index in [4.69, 9.17) is 0 Å². The number of hydrogen-bond acceptors (Lipinski definition) is 3. The van der Waals surface area contributed by atoms with Crippen molar-refractivity contribution in [1.82, 2.24) is 5.32 Å². The zero-order valence-corrected chi connectivity index (χ0v) is 11.2. The summed E-state index contributed by atoms with van der Waals surface area (Å²) in [6, 6.07) is 7.87. The summed E-state index contributed by atoms with van der Waals surface area (Å²) in [5.74, 6) is 0.582. The zero-order valence-electron chi connectivity index (χ0n) is 11.2. The Morgan fingerprint density at radius 1 is 1.33 bits per heavy atom. The van der Waals surface area contributed by atoms with Crippen LogP contribution in [0.5, 0.6) is 0 Å². The topological polar surface area (TPSA) is 44.4 Å². The molecule has 1 aliphatic rings. The number of carbonyl (C=O) groups excluding carboxylic acids is 1. The molecule has 1 fully saturated rings. The van der Waals surface area contributed by atoms with E-state index in [1.165, 1.54) is 0 Å². The minimum atomic E-state index is 0.0696. The van der Waals surface area contributed by atoms with Crippen LogP contribution in [0.1, 0.15) is 6.92 Å². The Morgan fingerprint density at radius 3 is 2.67 bits per heavy atom. The van der Waals surface area contributed by atoms with E-state index in [0.29, 0.717) is 5.92 Å². The fourth-order valence-electron chi connectivity index (χ4n) is 2.36. The van der Waals surface area contributed by atoms with E-state index in [2.05, 4.69) is 17.6 Å². The third-order valence-electron chi connectivity index (χ3n) is 3.50. The van der Waals surface area contributed by atoms with Crippen LogP contribution in [0.3, 0.4) is 0 Å². The second kappa shape index (κ2) is 5.40. The fraction of sp³-hybridized carbons (Fsp3) is 0.500. The number of amides is 1. The third-order valence-corrected chi connectivity index (χ3v) is 3.50. The molecule has 4 heteroatoms. The van der Waals surface area contributed by atoms with Gasteiger partial charge in [-0.3, -0.25) is 4.79 Å². The maximum Gasteiger partial charge on any atom is 0.229 e. The molecule has 2 atom stereocenters. The molecule has 1 saturated heterocycles. The quantitative estimate of drug-likeness (QED) is 0.851. The van der Waals surface area contributed by atoms with Crippen LogP contribution in [0.4, 0.5) is 11.4 Å². The number of rotatable bonds is 3. The minimum absolute atomic E-state index is 0.0696. The molecule has 0 aromatic heterocycles. The number of hydrogen-bond donors (Lipinski definition) is 2. The van der Waals surface area contributed by atoms with Crippen molar-refractivity contribution in [3.63, 3.8) is 0 Å². The van der Waals surface area contributed by atoms with Gasteiger partial charge >= 0.3 is 0 Å². The van der Waals surface area contributed by atoms with Crippen LogP contribution in [-0.2, 0) is 4.79 Å². The number of benzene rings is 1. The van der Waals surface area contributed by atoms with Crippen LogP contribution < -0.4 is 15.5 Å². The molecule has 0 spiro atoms. The van der Waals surface area contributed by atoms with Gasteiger partial charge in [0.25, 0.3) is 0 Å². The van der Waals surface area contributed by atoms with Gasteiger partial charge in [0.1, 0.15) is 0 Å². The molecule has 0 bridgehead atoms. The summed E-state index contributed by atoms with van der Waals surface area (Å²) in [4.78, 5) is 14.2. The highest BCUT2D eigenvalue weighted by Gasteiger charge is 2.29. The number of nitrogens with zero attached hydrogens (tertiary/aromatic N) is 1. The van der Waals surface area contributed by atoms with Crippen molar-refractivity contribution in [2.24, 2.45) is 11.8 Å². The first kappa shape index (κ1) is 12.9. The average Bonchev–Trinajstić information content (AvgIpc) is 2.76. The molecule has 1 aromatic carbocycles. The average molecular weight is 247 g/mol. The van der Waals surface area contributed by atoms with Crippen LogP contribution in [0.2, 0.25) is 0 Å². The monoisotopic (exact) mass is 247 g/mol. The summed E-state index contributed by atoms with van der Waals surface area (Å²) < 4.78 is 0. The summed E-state index contributed by atoms with van der Waals surface area (Å²) in [5.41, 5.74) is 1.91. The lowest BCUT2D eigenvalue weighted by Crippen LogP contribution is -2.28. The first-order valence-corrected chi connectivity index (χ1v) is 6.37. The van der Waals surface area contributed by atoms with Gasteiger partial charge in [-0.05, 0) is 24.6 Å².